The van der Waals surface area contributed by atoms with Crippen molar-refractivity contribution < 1.29 is 9.13 Å². The molecule has 0 saturated heterocycles. The highest BCUT2D eigenvalue weighted by Gasteiger charge is 2.28. The normalized spacial score (nSPS) is 21.2. The Kier molecular flexibility index (Phi) is 3.71. The molecule has 5 heteroatoms. The molecule has 1 aliphatic rings. The van der Waals surface area contributed by atoms with Crippen LogP contribution >= 0.6 is 27.5 Å². The highest BCUT2D eigenvalue weighted by atomic mass is 79.9. The van der Waals surface area contributed by atoms with Crippen LogP contribution in [-0.4, -0.2) is 0 Å². The van der Waals surface area contributed by atoms with Gasteiger partial charge in [0.25, 0.3) is 0 Å². The number of ether oxygens (including phenoxy) is 1. The largest absolute Gasteiger partial charge is 0.485 e. The molecule has 2 unspecified atom stereocenters. The lowest BCUT2D eigenvalue weighted by Crippen LogP contribution is -2.24. The third-order valence-corrected chi connectivity index (χ3v) is 4.24. The summed E-state index contributed by atoms with van der Waals surface area (Å²) in [5, 5.41) is 0.362. The molecule has 0 spiro atoms. The zero-order valence-corrected chi connectivity index (χ0v) is 12.8. The summed E-state index contributed by atoms with van der Waals surface area (Å²) in [6.45, 7) is 0. The van der Waals surface area contributed by atoms with Crippen molar-refractivity contribution in [3.63, 3.8) is 0 Å². The molecule has 2 nitrogen and oxygen atoms in total. The first-order valence-electron chi connectivity index (χ1n) is 6.21. The summed E-state index contributed by atoms with van der Waals surface area (Å²) in [7, 11) is 0. The quantitative estimate of drug-likeness (QED) is 0.799. The van der Waals surface area contributed by atoms with E-state index in [9.17, 15) is 4.39 Å². The predicted octanol–water partition coefficient (Wildman–Crippen LogP) is 4.77. The zero-order valence-electron chi connectivity index (χ0n) is 10.4. The summed E-state index contributed by atoms with van der Waals surface area (Å²) in [6.07, 6.45) is 0.347. The van der Waals surface area contributed by atoms with E-state index in [1.807, 2.05) is 18.2 Å². The van der Waals surface area contributed by atoms with Crippen LogP contribution in [0.3, 0.4) is 0 Å². The topological polar surface area (TPSA) is 35.2 Å². The Bertz CT molecular complexity index is 664. The van der Waals surface area contributed by atoms with Gasteiger partial charge < -0.3 is 10.5 Å². The first kappa shape index (κ1) is 13.9. The smallest absolute Gasteiger partial charge is 0.127 e. The van der Waals surface area contributed by atoms with E-state index < -0.39 is 0 Å². The summed E-state index contributed by atoms with van der Waals surface area (Å²) in [5.41, 5.74) is 7.92. The average Bonchev–Trinajstić information content (AvgIpc) is 2.37. The highest BCUT2D eigenvalue weighted by molar-refractivity contribution is 9.10. The summed E-state index contributed by atoms with van der Waals surface area (Å²) in [4.78, 5) is 0. The van der Waals surface area contributed by atoms with Crippen LogP contribution in [0.1, 0.15) is 29.7 Å². The molecule has 0 amide bonds. The Morgan fingerprint density at radius 2 is 1.95 bits per heavy atom. The van der Waals surface area contributed by atoms with Crippen LogP contribution in [0.15, 0.2) is 40.9 Å². The second-order valence-corrected chi connectivity index (χ2v) is 6.12. The van der Waals surface area contributed by atoms with Gasteiger partial charge in [0.2, 0.25) is 0 Å². The Hall–Kier alpha value is -1.10. The maximum absolute atomic E-state index is 13.1. The molecule has 20 heavy (non-hydrogen) atoms. The van der Waals surface area contributed by atoms with Crippen molar-refractivity contribution in [2.75, 3.05) is 0 Å². The van der Waals surface area contributed by atoms with E-state index in [-0.39, 0.29) is 18.0 Å². The zero-order chi connectivity index (χ0) is 14.3. The van der Waals surface area contributed by atoms with Gasteiger partial charge in [-0.1, -0.05) is 39.7 Å². The standard InChI is InChI=1S/C15H12BrClFNO/c16-8-1-3-11-13(19)7-15(20-14(11)5-8)10-4-2-9(18)6-12(10)17/h1-6,13,15H,7,19H2. The Balaban J connectivity index is 1.98. The number of halogens is 3. The van der Waals surface area contributed by atoms with Gasteiger partial charge in [-0.05, 0) is 24.3 Å². The van der Waals surface area contributed by atoms with E-state index in [0.717, 1.165) is 21.3 Å². The number of nitrogens with two attached hydrogens (primary N) is 1. The van der Waals surface area contributed by atoms with Crippen LogP contribution < -0.4 is 10.5 Å². The molecule has 0 saturated carbocycles. The van der Waals surface area contributed by atoms with Crippen LogP contribution in [0, 0.1) is 5.82 Å². The lowest BCUT2D eigenvalue weighted by molar-refractivity contribution is 0.161. The van der Waals surface area contributed by atoms with E-state index in [2.05, 4.69) is 15.9 Å². The van der Waals surface area contributed by atoms with Gasteiger partial charge in [-0.25, -0.2) is 4.39 Å². The van der Waals surface area contributed by atoms with E-state index in [1.54, 1.807) is 6.07 Å². The van der Waals surface area contributed by atoms with E-state index in [0.29, 0.717) is 11.4 Å². The molecule has 1 aliphatic heterocycles. The number of benzene rings is 2. The molecule has 2 atom stereocenters. The molecule has 0 fully saturated rings. The number of hydrogen-bond acceptors (Lipinski definition) is 2. The van der Waals surface area contributed by atoms with Gasteiger partial charge in [-0.2, -0.15) is 0 Å². The average molecular weight is 357 g/mol. The summed E-state index contributed by atoms with van der Waals surface area (Å²) in [5.74, 6) is 0.380. The maximum atomic E-state index is 13.1. The molecular weight excluding hydrogens is 345 g/mol. The van der Waals surface area contributed by atoms with Crippen molar-refractivity contribution in [1.82, 2.24) is 0 Å². The molecule has 0 radical (unpaired) electrons. The second-order valence-electron chi connectivity index (χ2n) is 4.80. The van der Waals surface area contributed by atoms with Gasteiger partial charge in [-0.15, -0.1) is 0 Å². The van der Waals surface area contributed by atoms with Gasteiger partial charge in [-0.3, -0.25) is 0 Å². The van der Waals surface area contributed by atoms with Crippen LogP contribution in [-0.2, 0) is 0 Å². The minimum atomic E-state index is -0.359. The van der Waals surface area contributed by atoms with Crippen molar-refractivity contribution in [3.05, 3.63) is 62.8 Å². The third kappa shape index (κ3) is 2.55. The number of hydrogen-bond donors (Lipinski definition) is 1. The Morgan fingerprint density at radius 1 is 1.20 bits per heavy atom. The Morgan fingerprint density at radius 3 is 2.70 bits per heavy atom. The summed E-state index contributed by atoms with van der Waals surface area (Å²) >= 11 is 9.51. The second kappa shape index (κ2) is 5.35. The molecule has 0 aliphatic carbocycles. The van der Waals surface area contributed by atoms with Gasteiger partial charge in [0, 0.05) is 28.1 Å². The third-order valence-electron chi connectivity index (χ3n) is 3.42. The first-order chi connectivity index (χ1) is 9.54. The lowest BCUT2D eigenvalue weighted by Gasteiger charge is -2.31. The molecule has 2 aromatic carbocycles. The van der Waals surface area contributed by atoms with Crippen molar-refractivity contribution in [1.29, 1.82) is 0 Å². The molecule has 0 bridgehead atoms. The maximum Gasteiger partial charge on any atom is 0.127 e. The monoisotopic (exact) mass is 355 g/mol. The number of fused-ring (bicyclic) bond motifs is 1. The van der Waals surface area contributed by atoms with Crippen molar-refractivity contribution in [2.24, 2.45) is 5.73 Å². The lowest BCUT2D eigenvalue weighted by atomic mass is 9.93. The molecule has 0 aromatic heterocycles. The van der Waals surface area contributed by atoms with Gasteiger partial charge in [0.05, 0.1) is 5.02 Å². The van der Waals surface area contributed by atoms with E-state index >= 15 is 0 Å². The molecule has 2 aromatic rings. The minimum Gasteiger partial charge on any atom is -0.485 e. The molecule has 104 valence electrons. The van der Waals surface area contributed by atoms with E-state index in [4.69, 9.17) is 22.1 Å². The fourth-order valence-electron chi connectivity index (χ4n) is 2.43. The van der Waals surface area contributed by atoms with Crippen LogP contribution in [0.5, 0.6) is 5.75 Å². The molecule has 2 N–H and O–H groups in total. The summed E-state index contributed by atoms with van der Waals surface area (Å²) < 4.78 is 20.0. The summed E-state index contributed by atoms with van der Waals surface area (Å²) in [6, 6.07) is 9.98. The minimum absolute atomic E-state index is 0.127. The van der Waals surface area contributed by atoms with Crippen molar-refractivity contribution in [3.8, 4) is 5.75 Å². The molecule has 1 heterocycles. The van der Waals surface area contributed by atoms with Crippen LogP contribution in [0.25, 0.3) is 0 Å². The van der Waals surface area contributed by atoms with Gasteiger partial charge >= 0.3 is 0 Å². The SMILES string of the molecule is NC1CC(c2ccc(F)cc2Cl)Oc2cc(Br)ccc21. The van der Waals surface area contributed by atoms with Crippen LogP contribution in [0.2, 0.25) is 5.02 Å². The van der Waals surface area contributed by atoms with Crippen molar-refractivity contribution in [2.45, 2.75) is 18.6 Å². The first-order valence-corrected chi connectivity index (χ1v) is 7.38. The van der Waals surface area contributed by atoms with Crippen molar-refractivity contribution >= 4 is 27.5 Å². The predicted molar refractivity (Wildman–Crippen MR) is 80.5 cm³/mol. The highest BCUT2D eigenvalue weighted by Crippen LogP contribution is 2.42. The van der Waals surface area contributed by atoms with Gasteiger partial charge in [0.1, 0.15) is 17.7 Å². The molecular formula is C15H12BrClFNO. The Labute approximate surface area is 129 Å². The van der Waals surface area contributed by atoms with E-state index in [1.165, 1.54) is 12.1 Å². The molecule has 3 rings (SSSR count). The fraction of sp³-hybridized carbons (Fsp3) is 0.200. The number of rotatable bonds is 1. The fourth-order valence-corrected chi connectivity index (χ4v) is 3.06. The van der Waals surface area contributed by atoms with Crippen LogP contribution in [0.4, 0.5) is 4.39 Å². The van der Waals surface area contributed by atoms with Gasteiger partial charge in [0.15, 0.2) is 0 Å².